The standard InChI is InChI=1S/C29H44O/c1-18(2)21(5)22(17-30)16-20(4)27-12-13-28-26-11-10-23-19(3)8-7-9-24(23)25(26)14-15-29(27,28)6/h7-9,18,20,22,25-28,30H,5,10-17H2,1-4,6H3/t20-,22+,25-,26-,27-,28+,29-/m1/s1. The van der Waals surface area contributed by atoms with Crippen LogP contribution in [0.15, 0.2) is 30.4 Å². The van der Waals surface area contributed by atoms with Crippen LogP contribution in [0.1, 0.15) is 88.8 Å². The number of hydrogen-bond donors (Lipinski definition) is 1. The lowest BCUT2D eigenvalue weighted by Crippen LogP contribution is -2.43. The molecular weight excluding hydrogens is 364 g/mol. The summed E-state index contributed by atoms with van der Waals surface area (Å²) in [5.41, 5.74) is 6.60. The third-order valence-electron chi connectivity index (χ3n) is 9.91. The molecule has 3 aliphatic carbocycles. The number of aryl methyl sites for hydroxylation is 1. The normalized spacial score (nSPS) is 34.8. The highest BCUT2D eigenvalue weighted by Gasteiger charge is 2.55. The molecule has 1 nitrogen and oxygen atoms in total. The van der Waals surface area contributed by atoms with Gasteiger partial charge >= 0.3 is 0 Å². The summed E-state index contributed by atoms with van der Waals surface area (Å²) in [6.07, 6.45) is 9.36. The Kier molecular flexibility index (Phi) is 6.24. The molecule has 1 aromatic carbocycles. The lowest BCUT2D eigenvalue weighted by Gasteiger charge is -2.52. The number of rotatable bonds is 6. The highest BCUT2D eigenvalue weighted by molar-refractivity contribution is 5.40. The molecule has 2 saturated carbocycles. The second kappa shape index (κ2) is 8.45. The van der Waals surface area contributed by atoms with Gasteiger partial charge in [-0.25, -0.2) is 0 Å². The number of aliphatic hydroxyl groups excluding tert-OH is 1. The van der Waals surface area contributed by atoms with Crippen molar-refractivity contribution in [3.05, 3.63) is 47.0 Å². The topological polar surface area (TPSA) is 20.2 Å². The van der Waals surface area contributed by atoms with Crippen LogP contribution >= 0.6 is 0 Å². The van der Waals surface area contributed by atoms with Gasteiger partial charge in [0.05, 0.1) is 0 Å². The van der Waals surface area contributed by atoms with E-state index >= 15 is 0 Å². The van der Waals surface area contributed by atoms with Crippen molar-refractivity contribution in [3.8, 4) is 0 Å². The average Bonchev–Trinajstić information content (AvgIpc) is 3.08. The van der Waals surface area contributed by atoms with E-state index in [9.17, 15) is 5.11 Å². The van der Waals surface area contributed by atoms with E-state index < -0.39 is 0 Å². The fourth-order valence-electron chi connectivity index (χ4n) is 8.20. The third-order valence-corrected chi connectivity index (χ3v) is 9.91. The van der Waals surface area contributed by atoms with E-state index in [-0.39, 0.29) is 12.5 Å². The molecule has 0 radical (unpaired) electrons. The molecule has 4 rings (SSSR count). The van der Waals surface area contributed by atoms with Gasteiger partial charge in [-0.3, -0.25) is 0 Å². The molecule has 0 bridgehead atoms. The van der Waals surface area contributed by atoms with Gasteiger partial charge in [-0.15, -0.1) is 0 Å². The molecule has 166 valence electrons. The minimum atomic E-state index is 0.259. The quantitative estimate of drug-likeness (QED) is 0.489. The van der Waals surface area contributed by atoms with Crippen molar-refractivity contribution in [2.24, 2.45) is 40.9 Å². The Morgan fingerprint density at radius 2 is 1.93 bits per heavy atom. The predicted molar refractivity (Wildman–Crippen MR) is 128 cm³/mol. The molecule has 30 heavy (non-hydrogen) atoms. The van der Waals surface area contributed by atoms with Crippen LogP contribution < -0.4 is 0 Å². The van der Waals surface area contributed by atoms with Crippen LogP contribution in [0.4, 0.5) is 0 Å². The molecule has 0 amide bonds. The van der Waals surface area contributed by atoms with E-state index in [4.69, 9.17) is 0 Å². The first-order valence-electron chi connectivity index (χ1n) is 12.7. The SMILES string of the molecule is C=C(C(C)C)[C@H](CO)C[C@@H](C)[C@H]1CC[C@H]2[C@@H]3CCc4c(C)cccc4[C@H]3CC[C@]12C. The predicted octanol–water partition coefficient (Wildman–Crippen LogP) is 7.31. The molecule has 1 aromatic rings. The summed E-state index contributed by atoms with van der Waals surface area (Å²) in [4.78, 5) is 0. The molecular formula is C29H44O. The lowest BCUT2D eigenvalue weighted by molar-refractivity contribution is 0.00685. The molecule has 1 N–H and O–H groups in total. The van der Waals surface area contributed by atoms with Crippen molar-refractivity contribution in [1.29, 1.82) is 0 Å². The second-order valence-corrected chi connectivity index (χ2v) is 11.6. The highest BCUT2D eigenvalue weighted by Crippen LogP contribution is 2.64. The molecule has 0 heterocycles. The smallest absolute Gasteiger partial charge is 0.0496 e. The Bertz CT molecular complexity index is 777. The second-order valence-electron chi connectivity index (χ2n) is 11.6. The van der Waals surface area contributed by atoms with Crippen molar-refractivity contribution < 1.29 is 5.11 Å². The van der Waals surface area contributed by atoms with Crippen LogP contribution in [0.5, 0.6) is 0 Å². The summed E-state index contributed by atoms with van der Waals surface area (Å²) < 4.78 is 0. The van der Waals surface area contributed by atoms with E-state index in [0.29, 0.717) is 17.3 Å². The summed E-state index contributed by atoms with van der Waals surface area (Å²) in [5, 5.41) is 10.0. The van der Waals surface area contributed by atoms with E-state index in [1.807, 2.05) is 0 Å². The monoisotopic (exact) mass is 408 g/mol. The maximum atomic E-state index is 10.0. The third kappa shape index (κ3) is 3.60. The first kappa shape index (κ1) is 22.1. The summed E-state index contributed by atoms with van der Waals surface area (Å²) >= 11 is 0. The Labute approximate surface area is 185 Å². The van der Waals surface area contributed by atoms with Gasteiger partial charge in [0.25, 0.3) is 0 Å². The van der Waals surface area contributed by atoms with E-state index in [2.05, 4.69) is 59.4 Å². The zero-order valence-corrected chi connectivity index (χ0v) is 20.1. The molecule has 1 heteroatoms. The van der Waals surface area contributed by atoms with Gasteiger partial charge in [-0.1, -0.05) is 58.0 Å². The average molecular weight is 409 g/mol. The summed E-state index contributed by atoms with van der Waals surface area (Å²) in [7, 11) is 0. The van der Waals surface area contributed by atoms with Crippen LogP contribution in [0.2, 0.25) is 0 Å². The van der Waals surface area contributed by atoms with Gasteiger partial charge in [0.1, 0.15) is 0 Å². The minimum absolute atomic E-state index is 0.259. The largest absolute Gasteiger partial charge is 0.396 e. The van der Waals surface area contributed by atoms with Gasteiger partial charge in [0.2, 0.25) is 0 Å². The molecule has 0 spiro atoms. The van der Waals surface area contributed by atoms with Crippen LogP contribution in [-0.2, 0) is 6.42 Å². The number of aliphatic hydroxyl groups is 1. The summed E-state index contributed by atoms with van der Waals surface area (Å²) in [5.74, 6) is 4.77. The Morgan fingerprint density at radius 3 is 2.63 bits per heavy atom. The van der Waals surface area contributed by atoms with Crippen molar-refractivity contribution in [1.82, 2.24) is 0 Å². The number of benzene rings is 1. The van der Waals surface area contributed by atoms with Gasteiger partial charge in [0, 0.05) is 12.5 Å². The molecule has 0 aliphatic heterocycles. The van der Waals surface area contributed by atoms with Crippen molar-refractivity contribution in [3.63, 3.8) is 0 Å². The Hall–Kier alpha value is -1.08. The fraction of sp³-hybridized carbons (Fsp3) is 0.724. The molecule has 0 aromatic heterocycles. The van der Waals surface area contributed by atoms with Crippen molar-refractivity contribution in [2.45, 2.75) is 85.5 Å². The van der Waals surface area contributed by atoms with Crippen LogP contribution in [0.3, 0.4) is 0 Å². The van der Waals surface area contributed by atoms with E-state index in [0.717, 1.165) is 30.1 Å². The maximum Gasteiger partial charge on any atom is 0.0496 e. The van der Waals surface area contributed by atoms with Crippen LogP contribution in [0.25, 0.3) is 0 Å². The van der Waals surface area contributed by atoms with Gasteiger partial charge in [-0.2, -0.15) is 0 Å². The molecule has 0 saturated heterocycles. The zero-order chi connectivity index (χ0) is 21.6. The molecule has 2 fully saturated rings. The Morgan fingerprint density at radius 1 is 1.17 bits per heavy atom. The van der Waals surface area contributed by atoms with Gasteiger partial charge < -0.3 is 5.11 Å². The first-order chi connectivity index (χ1) is 14.3. The number of fused-ring (bicyclic) bond motifs is 5. The summed E-state index contributed by atoms with van der Waals surface area (Å²) in [6.45, 7) is 16.4. The summed E-state index contributed by atoms with van der Waals surface area (Å²) in [6, 6.07) is 7.04. The van der Waals surface area contributed by atoms with Gasteiger partial charge in [0.15, 0.2) is 0 Å². The minimum Gasteiger partial charge on any atom is -0.396 e. The lowest BCUT2D eigenvalue weighted by atomic mass is 9.52. The van der Waals surface area contributed by atoms with Gasteiger partial charge in [-0.05, 0) is 109 Å². The van der Waals surface area contributed by atoms with Crippen LogP contribution in [0, 0.1) is 47.8 Å². The Balaban J connectivity index is 1.52. The first-order valence-corrected chi connectivity index (χ1v) is 12.7. The zero-order valence-electron chi connectivity index (χ0n) is 20.1. The number of hydrogen-bond acceptors (Lipinski definition) is 1. The van der Waals surface area contributed by atoms with Crippen molar-refractivity contribution in [2.75, 3.05) is 6.61 Å². The molecule has 7 atom stereocenters. The van der Waals surface area contributed by atoms with Crippen molar-refractivity contribution >= 4 is 0 Å². The van der Waals surface area contributed by atoms with Crippen LogP contribution in [-0.4, -0.2) is 11.7 Å². The fourth-order valence-corrected chi connectivity index (χ4v) is 8.20. The maximum absolute atomic E-state index is 10.0. The van der Waals surface area contributed by atoms with E-state index in [1.165, 1.54) is 49.7 Å². The molecule has 3 aliphatic rings. The van der Waals surface area contributed by atoms with E-state index in [1.54, 1.807) is 11.1 Å². The molecule has 0 unspecified atom stereocenters. The highest BCUT2D eigenvalue weighted by atomic mass is 16.3.